The molecule has 5 heteroatoms. The molecule has 0 atom stereocenters. The molecule has 0 bridgehead atoms. The van der Waals surface area contributed by atoms with Gasteiger partial charge in [0, 0.05) is 23.6 Å². The Morgan fingerprint density at radius 3 is 2.78 bits per heavy atom. The quantitative estimate of drug-likeness (QED) is 0.562. The molecule has 2 N–H and O–H groups in total. The summed E-state index contributed by atoms with van der Waals surface area (Å²) < 4.78 is 0. The maximum absolute atomic E-state index is 11.8. The highest BCUT2D eigenvalue weighted by atomic mass is 16.2. The van der Waals surface area contributed by atoms with Crippen LogP contribution in [0.3, 0.4) is 0 Å². The van der Waals surface area contributed by atoms with E-state index in [1.54, 1.807) is 18.6 Å². The fourth-order valence-corrected chi connectivity index (χ4v) is 2.15. The van der Waals surface area contributed by atoms with Crippen LogP contribution >= 0.6 is 0 Å². The van der Waals surface area contributed by atoms with Crippen molar-refractivity contribution in [1.82, 2.24) is 10.4 Å². The van der Waals surface area contributed by atoms with Crippen LogP contribution in [-0.2, 0) is 4.79 Å². The minimum atomic E-state index is -0.210. The lowest BCUT2D eigenvalue weighted by atomic mass is 10.1. The van der Waals surface area contributed by atoms with Gasteiger partial charge in [0.1, 0.15) is 0 Å². The number of rotatable bonds is 5. The predicted octanol–water partition coefficient (Wildman–Crippen LogP) is 2.80. The molecule has 0 aliphatic carbocycles. The average molecular weight is 304 g/mol. The first-order valence-corrected chi connectivity index (χ1v) is 7.26. The van der Waals surface area contributed by atoms with Crippen LogP contribution in [0.2, 0.25) is 0 Å². The van der Waals surface area contributed by atoms with Crippen LogP contribution in [0.1, 0.15) is 5.56 Å². The predicted molar refractivity (Wildman–Crippen MR) is 92.4 cm³/mol. The summed E-state index contributed by atoms with van der Waals surface area (Å²) in [6, 6.07) is 17.7. The van der Waals surface area contributed by atoms with Gasteiger partial charge in [0.05, 0.1) is 12.8 Å². The van der Waals surface area contributed by atoms with E-state index >= 15 is 0 Å². The Bertz CT molecular complexity index is 831. The number of fused-ring (bicyclic) bond motifs is 1. The van der Waals surface area contributed by atoms with E-state index in [1.807, 2.05) is 48.5 Å². The summed E-state index contributed by atoms with van der Waals surface area (Å²) in [6.45, 7) is 0.155. The Morgan fingerprint density at radius 2 is 1.96 bits per heavy atom. The monoisotopic (exact) mass is 304 g/mol. The Hall–Kier alpha value is -3.21. The number of benzene rings is 2. The molecule has 114 valence electrons. The van der Waals surface area contributed by atoms with E-state index in [4.69, 9.17) is 0 Å². The Balaban J connectivity index is 1.52. The van der Waals surface area contributed by atoms with Crippen molar-refractivity contribution in [2.24, 2.45) is 5.10 Å². The zero-order chi connectivity index (χ0) is 15.9. The van der Waals surface area contributed by atoms with Gasteiger partial charge in [-0.3, -0.25) is 9.78 Å². The molecule has 0 saturated heterocycles. The number of carbonyl (C=O) groups is 1. The smallest absolute Gasteiger partial charge is 0.259 e. The molecule has 1 heterocycles. The number of pyridine rings is 1. The minimum Gasteiger partial charge on any atom is -0.376 e. The number of anilines is 1. The third-order valence-corrected chi connectivity index (χ3v) is 3.29. The fraction of sp³-hybridized carbons (Fsp3) is 0.0556. The summed E-state index contributed by atoms with van der Waals surface area (Å²) in [7, 11) is 0. The van der Waals surface area contributed by atoms with Crippen molar-refractivity contribution >= 4 is 28.6 Å². The first-order valence-electron chi connectivity index (χ1n) is 7.26. The fourth-order valence-electron chi connectivity index (χ4n) is 2.15. The van der Waals surface area contributed by atoms with E-state index in [-0.39, 0.29) is 12.5 Å². The molecule has 0 radical (unpaired) electrons. The van der Waals surface area contributed by atoms with Gasteiger partial charge in [-0.25, -0.2) is 5.43 Å². The molecule has 3 aromatic rings. The normalized spacial score (nSPS) is 10.8. The number of amides is 1. The summed E-state index contributed by atoms with van der Waals surface area (Å²) >= 11 is 0. The Kier molecular flexibility index (Phi) is 4.59. The maximum atomic E-state index is 11.8. The number of nitrogens with one attached hydrogen (secondary N) is 2. The van der Waals surface area contributed by atoms with Crippen LogP contribution in [0.4, 0.5) is 5.69 Å². The molecule has 3 rings (SSSR count). The highest BCUT2D eigenvalue weighted by molar-refractivity contribution is 5.87. The molecular weight excluding hydrogens is 288 g/mol. The van der Waals surface area contributed by atoms with Crippen LogP contribution in [-0.4, -0.2) is 23.7 Å². The third-order valence-electron chi connectivity index (χ3n) is 3.29. The molecule has 0 aliphatic heterocycles. The van der Waals surface area contributed by atoms with Crippen LogP contribution in [0.15, 0.2) is 72.1 Å². The van der Waals surface area contributed by atoms with Crippen LogP contribution in [0.5, 0.6) is 0 Å². The van der Waals surface area contributed by atoms with Gasteiger partial charge in [0.25, 0.3) is 5.91 Å². The van der Waals surface area contributed by atoms with E-state index in [2.05, 4.69) is 26.9 Å². The molecule has 0 aliphatic rings. The number of hydrazone groups is 1. The number of hydrogen-bond acceptors (Lipinski definition) is 4. The standard InChI is InChI=1S/C18H16N4O/c23-18(22-21-12-14-4-3-9-19-11-14)13-20-17-8-7-15-5-1-2-6-16(15)10-17/h1-12,20H,13H2,(H,22,23)/b21-12-. The molecule has 0 spiro atoms. The van der Waals surface area contributed by atoms with Crippen LogP contribution in [0.25, 0.3) is 10.8 Å². The highest BCUT2D eigenvalue weighted by Gasteiger charge is 2.00. The maximum Gasteiger partial charge on any atom is 0.259 e. The Labute approximate surface area is 134 Å². The molecule has 0 unspecified atom stereocenters. The topological polar surface area (TPSA) is 66.4 Å². The molecule has 0 saturated carbocycles. The van der Waals surface area contributed by atoms with Crippen molar-refractivity contribution in [2.75, 3.05) is 11.9 Å². The van der Waals surface area contributed by atoms with E-state index < -0.39 is 0 Å². The van der Waals surface area contributed by atoms with Crippen molar-refractivity contribution in [1.29, 1.82) is 0 Å². The zero-order valence-electron chi connectivity index (χ0n) is 12.4. The highest BCUT2D eigenvalue weighted by Crippen LogP contribution is 2.18. The Morgan fingerprint density at radius 1 is 1.09 bits per heavy atom. The molecule has 1 amide bonds. The first kappa shape index (κ1) is 14.7. The number of hydrogen-bond donors (Lipinski definition) is 2. The number of aromatic nitrogens is 1. The molecule has 2 aromatic carbocycles. The van der Waals surface area contributed by atoms with Crippen molar-refractivity contribution in [3.05, 3.63) is 72.6 Å². The zero-order valence-corrected chi connectivity index (χ0v) is 12.4. The second-order valence-electron chi connectivity index (χ2n) is 5.00. The van der Waals surface area contributed by atoms with Gasteiger partial charge in [-0.2, -0.15) is 5.10 Å². The van der Waals surface area contributed by atoms with Gasteiger partial charge in [0.2, 0.25) is 0 Å². The lowest BCUT2D eigenvalue weighted by Crippen LogP contribution is -2.25. The van der Waals surface area contributed by atoms with Crippen LogP contribution < -0.4 is 10.7 Å². The van der Waals surface area contributed by atoms with Crippen molar-refractivity contribution in [3.63, 3.8) is 0 Å². The summed E-state index contributed by atoms with van der Waals surface area (Å²) in [6.07, 6.45) is 4.91. The summed E-state index contributed by atoms with van der Waals surface area (Å²) in [4.78, 5) is 15.7. The lowest BCUT2D eigenvalue weighted by Gasteiger charge is -2.06. The second kappa shape index (κ2) is 7.17. The second-order valence-corrected chi connectivity index (χ2v) is 5.00. The molecule has 1 aromatic heterocycles. The van der Waals surface area contributed by atoms with Gasteiger partial charge >= 0.3 is 0 Å². The van der Waals surface area contributed by atoms with Gasteiger partial charge in [-0.15, -0.1) is 0 Å². The largest absolute Gasteiger partial charge is 0.376 e. The number of nitrogens with zero attached hydrogens (tertiary/aromatic N) is 2. The van der Waals surface area contributed by atoms with E-state index in [1.165, 1.54) is 5.39 Å². The summed E-state index contributed by atoms with van der Waals surface area (Å²) in [5.41, 5.74) is 4.21. The van der Waals surface area contributed by atoms with E-state index in [9.17, 15) is 4.79 Å². The molecular formula is C18H16N4O. The lowest BCUT2D eigenvalue weighted by molar-refractivity contribution is -0.119. The molecule has 0 fully saturated rings. The summed E-state index contributed by atoms with van der Waals surface area (Å²) in [5, 5.41) is 9.29. The van der Waals surface area contributed by atoms with Gasteiger partial charge in [-0.05, 0) is 29.0 Å². The van der Waals surface area contributed by atoms with Gasteiger partial charge < -0.3 is 5.32 Å². The third kappa shape index (κ3) is 4.14. The van der Waals surface area contributed by atoms with Gasteiger partial charge in [0.15, 0.2) is 0 Å². The first-order chi connectivity index (χ1) is 11.3. The van der Waals surface area contributed by atoms with Crippen molar-refractivity contribution < 1.29 is 4.79 Å². The van der Waals surface area contributed by atoms with E-state index in [0.717, 1.165) is 16.6 Å². The SMILES string of the molecule is O=C(CNc1ccc2ccccc2c1)N/N=C\c1cccnc1. The average Bonchev–Trinajstić information content (AvgIpc) is 2.61. The van der Waals surface area contributed by atoms with Crippen LogP contribution in [0, 0.1) is 0 Å². The molecule has 5 nitrogen and oxygen atoms in total. The molecule has 23 heavy (non-hydrogen) atoms. The minimum absolute atomic E-state index is 0.155. The van der Waals surface area contributed by atoms with E-state index in [0.29, 0.717) is 0 Å². The van der Waals surface area contributed by atoms with Crippen molar-refractivity contribution in [2.45, 2.75) is 0 Å². The number of carbonyl (C=O) groups excluding carboxylic acids is 1. The van der Waals surface area contributed by atoms with Crippen molar-refractivity contribution in [3.8, 4) is 0 Å². The van der Waals surface area contributed by atoms with Gasteiger partial charge in [-0.1, -0.05) is 36.4 Å². The summed E-state index contributed by atoms with van der Waals surface area (Å²) in [5.74, 6) is -0.210.